The first-order chi connectivity index (χ1) is 7.41. The molecule has 1 heterocycles. The molecule has 0 amide bonds. The largest absolute Gasteiger partial charge is 0.388 e. The van der Waals surface area contributed by atoms with Gasteiger partial charge in [-0.25, -0.2) is 0 Å². The highest BCUT2D eigenvalue weighted by molar-refractivity contribution is 8.07. The van der Waals surface area contributed by atoms with Crippen LogP contribution in [0.25, 0.3) is 0 Å². The van der Waals surface area contributed by atoms with Crippen molar-refractivity contribution in [1.29, 1.82) is 0 Å². The van der Waals surface area contributed by atoms with Gasteiger partial charge in [0, 0.05) is 20.2 Å². The Morgan fingerprint density at radius 3 is 2.62 bits per heavy atom. The summed E-state index contributed by atoms with van der Waals surface area (Å²) in [6, 6.07) is -0.892. The lowest BCUT2D eigenvalue weighted by atomic mass is 9.93. The molecule has 0 bridgehead atoms. The van der Waals surface area contributed by atoms with Gasteiger partial charge in [-0.1, -0.05) is 0 Å². The maximum atomic E-state index is 9.69. The van der Waals surface area contributed by atoms with Crippen LogP contribution in [0.4, 0.5) is 0 Å². The van der Waals surface area contributed by atoms with Crippen molar-refractivity contribution < 1.29 is 28.5 Å². The van der Waals surface area contributed by atoms with E-state index in [0.29, 0.717) is 0 Å². The third-order valence-electron chi connectivity index (χ3n) is 2.19. The molecule has 1 unspecified atom stereocenters. The molecule has 5 atom stereocenters. The van der Waals surface area contributed by atoms with E-state index in [1.165, 1.54) is 14.2 Å². The molecule has 0 aliphatic carbocycles. The average molecular weight is 268 g/mol. The fraction of sp³-hybridized carbons (Fsp3) is 1.00. The van der Waals surface area contributed by atoms with E-state index >= 15 is 0 Å². The summed E-state index contributed by atoms with van der Waals surface area (Å²) in [7, 11) is 8.20. The standard InChI is InChI=1S/C7H14BO6PS/c1-11-3-4-6(5(9)7(8)13-4)14-15(10,16)12-2/h4-7,9H,3H2,1-2H3,(H,10,16)/t4-,5-,6-,7-,15?/m0/s1. The van der Waals surface area contributed by atoms with Gasteiger partial charge in [0.1, 0.15) is 26.2 Å². The van der Waals surface area contributed by atoms with Crippen molar-refractivity contribution in [1.82, 2.24) is 0 Å². The fourth-order valence-corrected chi connectivity index (χ4v) is 2.34. The third-order valence-corrected chi connectivity index (χ3v) is 3.86. The normalized spacial score (nSPS) is 38.5. The molecule has 1 aliphatic heterocycles. The first-order valence-electron chi connectivity index (χ1n) is 4.56. The second-order valence-corrected chi connectivity index (χ2v) is 6.20. The van der Waals surface area contributed by atoms with Crippen molar-refractivity contribution >= 4 is 26.4 Å². The minimum absolute atomic E-state index is 0.175. The summed E-state index contributed by atoms with van der Waals surface area (Å²) in [6.45, 7) is -3.19. The Hall–Kier alpha value is 0.475. The average Bonchev–Trinajstić information content (AvgIpc) is 2.47. The minimum atomic E-state index is -3.37. The topological polar surface area (TPSA) is 77.4 Å². The van der Waals surface area contributed by atoms with Gasteiger partial charge in [0.25, 0.3) is 0 Å². The summed E-state index contributed by atoms with van der Waals surface area (Å²) in [5.74, 6) is 0. The zero-order chi connectivity index (χ0) is 12.3. The molecule has 1 aliphatic rings. The van der Waals surface area contributed by atoms with Crippen LogP contribution in [0.1, 0.15) is 0 Å². The quantitative estimate of drug-likeness (QED) is 0.496. The Bertz CT molecular complexity index is 280. The molecule has 0 spiro atoms. The Balaban J connectivity index is 2.70. The van der Waals surface area contributed by atoms with Crippen molar-refractivity contribution in [3.8, 4) is 0 Å². The predicted octanol–water partition coefficient (Wildman–Crippen LogP) is -0.865. The lowest BCUT2D eigenvalue weighted by Gasteiger charge is -2.24. The molecule has 6 nitrogen and oxygen atoms in total. The van der Waals surface area contributed by atoms with E-state index in [2.05, 4.69) is 16.3 Å². The van der Waals surface area contributed by atoms with E-state index < -0.39 is 31.0 Å². The van der Waals surface area contributed by atoms with Crippen molar-refractivity contribution in [2.45, 2.75) is 24.3 Å². The zero-order valence-corrected chi connectivity index (χ0v) is 10.7. The highest BCUT2D eigenvalue weighted by atomic mass is 32.5. The Morgan fingerprint density at radius 2 is 2.12 bits per heavy atom. The molecular formula is C7H14BO6PS. The summed E-state index contributed by atoms with van der Waals surface area (Å²) in [5.41, 5.74) is 0. The van der Waals surface area contributed by atoms with E-state index in [4.69, 9.17) is 21.8 Å². The van der Waals surface area contributed by atoms with Gasteiger partial charge in [0.2, 0.25) is 0 Å². The number of rotatable bonds is 5. The van der Waals surface area contributed by atoms with Crippen LogP contribution in [0.3, 0.4) is 0 Å². The monoisotopic (exact) mass is 268 g/mol. The molecule has 0 aromatic carbocycles. The van der Waals surface area contributed by atoms with Gasteiger partial charge in [-0.15, -0.1) is 0 Å². The lowest BCUT2D eigenvalue weighted by molar-refractivity contribution is -0.0165. The maximum absolute atomic E-state index is 9.69. The summed E-state index contributed by atoms with van der Waals surface area (Å²) in [5, 5.41) is 9.69. The molecule has 16 heavy (non-hydrogen) atoms. The number of methoxy groups -OCH3 is 1. The van der Waals surface area contributed by atoms with Crippen molar-refractivity contribution in [3.05, 3.63) is 0 Å². The van der Waals surface area contributed by atoms with Crippen LogP contribution in [0.5, 0.6) is 0 Å². The molecule has 0 aromatic heterocycles. The first kappa shape index (κ1) is 14.5. The molecule has 92 valence electrons. The van der Waals surface area contributed by atoms with Crippen LogP contribution < -0.4 is 0 Å². The predicted molar refractivity (Wildman–Crippen MR) is 60.7 cm³/mol. The molecule has 0 saturated carbocycles. The molecule has 1 fully saturated rings. The molecule has 2 N–H and O–H groups in total. The van der Waals surface area contributed by atoms with Gasteiger partial charge in [-0.3, -0.25) is 4.52 Å². The van der Waals surface area contributed by atoms with Gasteiger partial charge in [-0.2, -0.15) is 0 Å². The van der Waals surface area contributed by atoms with Crippen LogP contribution in [0, 0.1) is 0 Å². The molecular weight excluding hydrogens is 254 g/mol. The zero-order valence-electron chi connectivity index (χ0n) is 8.98. The van der Waals surface area contributed by atoms with Crippen molar-refractivity contribution in [2.24, 2.45) is 0 Å². The number of hydrogen-bond acceptors (Lipinski definition) is 6. The van der Waals surface area contributed by atoms with E-state index in [-0.39, 0.29) is 6.61 Å². The molecule has 0 aromatic rings. The number of aliphatic hydroxyl groups is 1. The van der Waals surface area contributed by atoms with Crippen molar-refractivity contribution in [2.75, 3.05) is 20.8 Å². The number of hydrogen-bond donors (Lipinski definition) is 2. The second kappa shape index (κ2) is 5.88. The summed E-state index contributed by atoms with van der Waals surface area (Å²) < 4.78 is 19.8. The van der Waals surface area contributed by atoms with E-state index in [1.54, 1.807) is 0 Å². The van der Waals surface area contributed by atoms with Crippen LogP contribution in [-0.4, -0.2) is 63.0 Å². The third kappa shape index (κ3) is 3.48. The Kier molecular flexibility index (Phi) is 5.35. The summed E-state index contributed by atoms with van der Waals surface area (Å²) in [6.07, 6.45) is -2.52. The first-order valence-corrected chi connectivity index (χ1v) is 7.15. The number of aliphatic hydroxyl groups excluding tert-OH is 1. The van der Waals surface area contributed by atoms with E-state index in [9.17, 15) is 10.00 Å². The second-order valence-electron chi connectivity index (χ2n) is 3.31. The molecule has 1 rings (SSSR count). The molecule has 1 saturated heterocycles. The molecule has 2 radical (unpaired) electrons. The summed E-state index contributed by atoms with van der Waals surface area (Å²) >= 11 is 4.68. The van der Waals surface area contributed by atoms with Crippen LogP contribution in [0.15, 0.2) is 0 Å². The lowest BCUT2D eigenvalue weighted by Crippen LogP contribution is -2.36. The Morgan fingerprint density at radius 1 is 1.50 bits per heavy atom. The maximum Gasteiger partial charge on any atom is 0.324 e. The smallest absolute Gasteiger partial charge is 0.324 e. The highest BCUT2D eigenvalue weighted by Gasteiger charge is 2.44. The Labute approximate surface area is 100 Å². The number of ether oxygens (including phenoxy) is 2. The van der Waals surface area contributed by atoms with E-state index in [1.807, 2.05) is 0 Å². The van der Waals surface area contributed by atoms with Crippen molar-refractivity contribution in [3.63, 3.8) is 0 Å². The molecule has 9 heteroatoms. The minimum Gasteiger partial charge on any atom is -0.388 e. The highest BCUT2D eigenvalue weighted by Crippen LogP contribution is 2.46. The van der Waals surface area contributed by atoms with Crippen LogP contribution in [0.2, 0.25) is 0 Å². The van der Waals surface area contributed by atoms with Gasteiger partial charge in [0.05, 0.1) is 6.61 Å². The van der Waals surface area contributed by atoms with Gasteiger partial charge < -0.3 is 24.0 Å². The van der Waals surface area contributed by atoms with Gasteiger partial charge in [0.15, 0.2) is 0 Å². The van der Waals surface area contributed by atoms with E-state index in [0.717, 1.165) is 0 Å². The summed E-state index contributed by atoms with van der Waals surface area (Å²) in [4.78, 5) is 9.51. The van der Waals surface area contributed by atoms with Gasteiger partial charge in [-0.05, 0) is 11.8 Å². The van der Waals surface area contributed by atoms with Crippen LogP contribution >= 0.6 is 6.72 Å². The SMILES string of the molecule is [B][C@H]1O[C@@H](COC)[C@H](OP(O)(=S)OC)[C@@H]1O. The van der Waals surface area contributed by atoms with Crippen LogP contribution in [-0.2, 0) is 30.3 Å². The fourth-order valence-electron chi connectivity index (χ4n) is 1.39. The van der Waals surface area contributed by atoms with Gasteiger partial charge >= 0.3 is 6.72 Å².